The number of carbonyl (C=O) groups is 1. The van der Waals surface area contributed by atoms with Gasteiger partial charge >= 0.3 is 0 Å². The molecule has 3 nitrogen and oxygen atoms in total. The third kappa shape index (κ3) is 2.65. The van der Waals surface area contributed by atoms with E-state index in [2.05, 4.69) is 5.32 Å². The summed E-state index contributed by atoms with van der Waals surface area (Å²) in [6.45, 7) is 0. The average Bonchev–Trinajstić information content (AvgIpc) is 3.37. The number of methoxy groups -OCH3 is 1. The molecule has 1 saturated carbocycles. The summed E-state index contributed by atoms with van der Waals surface area (Å²) < 4.78 is 44.9. The number of hydrogen-bond acceptors (Lipinski definition) is 2. The lowest BCUT2D eigenvalue weighted by molar-refractivity contribution is -0.118. The monoisotopic (exact) mass is 321 g/mol. The maximum absolute atomic E-state index is 13.7. The van der Waals surface area contributed by atoms with Gasteiger partial charge < -0.3 is 10.1 Å². The van der Waals surface area contributed by atoms with E-state index in [0.29, 0.717) is 18.6 Å². The van der Waals surface area contributed by atoms with Gasteiger partial charge in [0.05, 0.1) is 18.2 Å². The maximum atomic E-state index is 13.7. The van der Waals surface area contributed by atoms with Gasteiger partial charge in [-0.3, -0.25) is 4.79 Å². The normalized spacial score (nSPS) is 15.1. The summed E-state index contributed by atoms with van der Waals surface area (Å²) in [5.41, 5.74) is -0.351. The number of carbonyl (C=O) groups excluding carboxylic acids is 1. The van der Waals surface area contributed by atoms with E-state index in [4.69, 9.17) is 4.74 Å². The zero-order valence-electron chi connectivity index (χ0n) is 12.3. The van der Waals surface area contributed by atoms with E-state index >= 15 is 0 Å². The fraction of sp³-hybridized carbons (Fsp3) is 0.235. The van der Waals surface area contributed by atoms with Crippen LogP contribution < -0.4 is 10.1 Å². The van der Waals surface area contributed by atoms with E-state index < -0.39 is 28.8 Å². The van der Waals surface area contributed by atoms with Crippen molar-refractivity contribution in [3.05, 3.63) is 59.4 Å². The molecule has 1 amide bonds. The molecule has 1 N–H and O–H groups in total. The smallest absolute Gasteiger partial charge is 0.235 e. The quantitative estimate of drug-likeness (QED) is 0.870. The number of anilines is 1. The molecule has 6 heteroatoms. The van der Waals surface area contributed by atoms with Gasteiger partial charge in [-0.1, -0.05) is 12.1 Å². The molecule has 2 aromatic carbocycles. The number of benzene rings is 2. The van der Waals surface area contributed by atoms with Gasteiger partial charge in [0.15, 0.2) is 17.5 Å². The second-order valence-electron chi connectivity index (χ2n) is 5.49. The Morgan fingerprint density at radius 1 is 1.04 bits per heavy atom. The van der Waals surface area contributed by atoms with Crippen molar-refractivity contribution < 1.29 is 22.7 Å². The number of ether oxygens (including phenoxy) is 1. The van der Waals surface area contributed by atoms with Gasteiger partial charge in [-0.2, -0.15) is 0 Å². The maximum Gasteiger partial charge on any atom is 0.235 e. The second kappa shape index (κ2) is 5.61. The molecule has 23 heavy (non-hydrogen) atoms. The number of nitrogens with one attached hydrogen (secondary N) is 1. The highest BCUT2D eigenvalue weighted by Crippen LogP contribution is 2.49. The Kier molecular flexibility index (Phi) is 3.75. The van der Waals surface area contributed by atoms with Crippen molar-refractivity contribution in [3.8, 4) is 5.75 Å². The van der Waals surface area contributed by atoms with Crippen LogP contribution in [0.25, 0.3) is 0 Å². The molecule has 0 radical (unpaired) electrons. The average molecular weight is 321 g/mol. The van der Waals surface area contributed by atoms with Gasteiger partial charge in [-0.25, -0.2) is 13.2 Å². The first-order valence-corrected chi connectivity index (χ1v) is 7.07. The largest absolute Gasteiger partial charge is 0.497 e. The molecule has 0 aromatic heterocycles. The minimum absolute atomic E-state index is 0.367. The van der Waals surface area contributed by atoms with Crippen LogP contribution in [0.5, 0.6) is 5.75 Å². The van der Waals surface area contributed by atoms with E-state index in [1.165, 1.54) is 0 Å². The lowest BCUT2D eigenvalue weighted by Gasteiger charge is -2.16. The van der Waals surface area contributed by atoms with Crippen LogP contribution in [-0.4, -0.2) is 13.0 Å². The van der Waals surface area contributed by atoms with Crippen molar-refractivity contribution in [2.45, 2.75) is 18.3 Å². The summed E-state index contributed by atoms with van der Waals surface area (Å²) in [7, 11) is 1.54. The molecule has 0 saturated heterocycles. The van der Waals surface area contributed by atoms with Crippen molar-refractivity contribution in [1.82, 2.24) is 0 Å². The Balaban J connectivity index is 1.84. The lowest BCUT2D eigenvalue weighted by Crippen LogP contribution is -2.28. The zero-order valence-corrected chi connectivity index (χ0v) is 12.3. The van der Waals surface area contributed by atoms with Crippen LogP contribution >= 0.6 is 0 Å². The van der Waals surface area contributed by atoms with Crippen molar-refractivity contribution in [2.24, 2.45) is 0 Å². The summed E-state index contributed by atoms with van der Waals surface area (Å²) in [6.07, 6.45) is 1.22. The third-order valence-electron chi connectivity index (χ3n) is 4.11. The molecule has 3 rings (SSSR count). The summed E-state index contributed by atoms with van der Waals surface area (Å²) in [6, 6.07) is 8.80. The van der Waals surface area contributed by atoms with E-state index in [9.17, 15) is 18.0 Å². The Labute approximate surface area is 131 Å². The molecule has 1 aliphatic carbocycles. The molecule has 0 atom stereocenters. The first-order valence-electron chi connectivity index (χ1n) is 7.07. The number of hydrogen-bond donors (Lipinski definition) is 1. The van der Waals surface area contributed by atoms with Crippen LogP contribution in [0.15, 0.2) is 36.4 Å². The first kappa shape index (κ1) is 15.4. The van der Waals surface area contributed by atoms with Crippen LogP contribution in [0, 0.1) is 17.5 Å². The Morgan fingerprint density at radius 2 is 1.70 bits per heavy atom. The van der Waals surface area contributed by atoms with Crippen molar-refractivity contribution in [3.63, 3.8) is 0 Å². The fourth-order valence-corrected chi connectivity index (χ4v) is 2.55. The minimum Gasteiger partial charge on any atom is -0.497 e. The molecular formula is C17H14F3NO2. The molecule has 1 aliphatic rings. The number of rotatable bonds is 4. The van der Waals surface area contributed by atoms with Crippen LogP contribution in [-0.2, 0) is 10.2 Å². The van der Waals surface area contributed by atoms with E-state index in [1.54, 1.807) is 31.4 Å². The number of halogens is 3. The molecule has 0 aliphatic heterocycles. The summed E-state index contributed by atoms with van der Waals surface area (Å²) in [4.78, 5) is 12.5. The SMILES string of the molecule is COc1ccc(C2(C(=O)Nc3ccc(F)c(F)c3F)CC2)cc1. The number of amides is 1. The summed E-state index contributed by atoms with van der Waals surface area (Å²) in [5.74, 6) is -4.07. The lowest BCUT2D eigenvalue weighted by atomic mass is 9.94. The summed E-state index contributed by atoms with van der Waals surface area (Å²) in [5, 5.41) is 2.36. The van der Waals surface area contributed by atoms with Gasteiger partial charge in [-0.05, 0) is 42.7 Å². The van der Waals surface area contributed by atoms with Gasteiger partial charge in [0.25, 0.3) is 0 Å². The molecule has 2 aromatic rings. The topological polar surface area (TPSA) is 38.3 Å². The molecule has 0 spiro atoms. The molecule has 0 unspecified atom stereocenters. The standard InChI is InChI=1S/C17H14F3NO2/c1-23-11-4-2-10(3-5-11)17(8-9-17)16(22)21-13-7-6-12(18)14(19)15(13)20/h2-7H,8-9H2,1H3,(H,21,22). The third-order valence-corrected chi connectivity index (χ3v) is 4.11. The van der Waals surface area contributed by atoms with E-state index in [-0.39, 0.29) is 5.69 Å². The van der Waals surface area contributed by atoms with Crippen LogP contribution in [0.3, 0.4) is 0 Å². The van der Waals surface area contributed by atoms with Gasteiger partial charge in [0.2, 0.25) is 5.91 Å². The molecule has 1 fully saturated rings. The van der Waals surface area contributed by atoms with Crippen molar-refractivity contribution >= 4 is 11.6 Å². The summed E-state index contributed by atoms with van der Waals surface area (Å²) >= 11 is 0. The second-order valence-corrected chi connectivity index (χ2v) is 5.49. The first-order chi connectivity index (χ1) is 11.0. The van der Waals surface area contributed by atoms with Crippen LogP contribution in [0.2, 0.25) is 0 Å². The van der Waals surface area contributed by atoms with Crippen LogP contribution in [0.1, 0.15) is 18.4 Å². The van der Waals surface area contributed by atoms with E-state index in [0.717, 1.165) is 17.7 Å². The predicted octanol–water partition coefficient (Wildman–Crippen LogP) is 3.78. The zero-order chi connectivity index (χ0) is 16.6. The van der Waals surface area contributed by atoms with Gasteiger partial charge in [0, 0.05) is 0 Å². The highest BCUT2D eigenvalue weighted by atomic mass is 19.2. The highest BCUT2D eigenvalue weighted by Gasteiger charge is 2.51. The van der Waals surface area contributed by atoms with Crippen molar-refractivity contribution in [2.75, 3.05) is 12.4 Å². The molecule has 120 valence electrons. The van der Waals surface area contributed by atoms with Gasteiger partial charge in [0.1, 0.15) is 5.75 Å². The predicted molar refractivity (Wildman–Crippen MR) is 78.9 cm³/mol. The highest BCUT2D eigenvalue weighted by molar-refractivity contribution is 6.01. The Morgan fingerprint density at radius 3 is 2.26 bits per heavy atom. The minimum atomic E-state index is -1.60. The fourth-order valence-electron chi connectivity index (χ4n) is 2.55. The van der Waals surface area contributed by atoms with Gasteiger partial charge in [-0.15, -0.1) is 0 Å². The molecular weight excluding hydrogens is 307 g/mol. The van der Waals surface area contributed by atoms with Crippen LogP contribution in [0.4, 0.5) is 18.9 Å². The Bertz CT molecular complexity index is 755. The van der Waals surface area contributed by atoms with Crippen molar-refractivity contribution in [1.29, 1.82) is 0 Å². The van der Waals surface area contributed by atoms with E-state index in [1.807, 2.05) is 0 Å². The molecule has 0 heterocycles. The Hall–Kier alpha value is -2.50. The molecule has 0 bridgehead atoms.